The van der Waals surface area contributed by atoms with E-state index in [1.54, 1.807) is 41.2 Å². The number of carbonyl (C=O) groups is 2. The molecule has 7 heteroatoms. The van der Waals surface area contributed by atoms with E-state index >= 15 is 0 Å². The van der Waals surface area contributed by atoms with Gasteiger partial charge in [0.15, 0.2) is 6.10 Å². The highest BCUT2D eigenvalue weighted by molar-refractivity contribution is 6.31. The number of benzene rings is 2. The quantitative estimate of drug-likeness (QED) is 0.644. The molecule has 28 heavy (non-hydrogen) atoms. The maximum Gasteiger partial charge on any atom is 0.338 e. The third-order valence-corrected chi connectivity index (χ3v) is 4.61. The van der Waals surface area contributed by atoms with Gasteiger partial charge >= 0.3 is 5.97 Å². The molecule has 1 heterocycles. The molecule has 1 aromatic heterocycles. The van der Waals surface area contributed by atoms with Crippen molar-refractivity contribution in [1.29, 1.82) is 0 Å². The largest absolute Gasteiger partial charge is 0.449 e. The van der Waals surface area contributed by atoms with E-state index in [2.05, 4.69) is 10.4 Å². The van der Waals surface area contributed by atoms with Crippen LogP contribution in [0, 0.1) is 6.92 Å². The predicted octanol–water partition coefficient (Wildman–Crippen LogP) is 3.70. The second-order valence-corrected chi connectivity index (χ2v) is 6.70. The first-order valence-corrected chi connectivity index (χ1v) is 9.16. The summed E-state index contributed by atoms with van der Waals surface area (Å²) in [6.45, 7) is 3.73. The smallest absolute Gasteiger partial charge is 0.338 e. The molecule has 0 aliphatic heterocycles. The van der Waals surface area contributed by atoms with Gasteiger partial charge in [0.2, 0.25) is 0 Å². The molecule has 0 aliphatic rings. The zero-order valence-electron chi connectivity index (χ0n) is 15.6. The molecule has 0 bridgehead atoms. The van der Waals surface area contributed by atoms with Crippen molar-refractivity contribution in [3.63, 3.8) is 0 Å². The van der Waals surface area contributed by atoms with Crippen molar-refractivity contribution in [1.82, 2.24) is 15.1 Å². The summed E-state index contributed by atoms with van der Waals surface area (Å²) in [6.07, 6.45) is 0.781. The Hall–Kier alpha value is -3.12. The van der Waals surface area contributed by atoms with Gasteiger partial charge in [-0.15, -0.1) is 0 Å². The molecule has 3 aromatic rings. The monoisotopic (exact) mass is 397 g/mol. The Balaban J connectivity index is 1.57. The minimum atomic E-state index is -0.928. The number of nitrogens with one attached hydrogen (secondary N) is 1. The van der Waals surface area contributed by atoms with E-state index < -0.39 is 18.0 Å². The summed E-state index contributed by atoms with van der Waals surface area (Å²) in [4.78, 5) is 24.5. The van der Waals surface area contributed by atoms with Gasteiger partial charge in [0, 0.05) is 23.5 Å². The highest BCUT2D eigenvalue weighted by Gasteiger charge is 2.19. The molecule has 1 amide bonds. The maximum atomic E-state index is 12.3. The van der Waals surface area contributed by atoms with Gasteiger partial charge in [0.25, 0.3) is 5.91 Å². The van der Waals surface area contributed by atoms with Crippen LogP contribution in [0.3, 0.4) is 0 Å². The van der Waals surface area contributed by atoms with E-state index in [-0.39, 0.29) is 6.54 Å². The van der Waals surface area contributed by atoms with Gasteiger partial charge in [-0.2, -0.15) is 5.10 Å². The van der Waals surface area contributed by atoms with Gasteiger partial charge in [-0.05, 0) is 55.8 Å². The number of ether oxygens (including phenoxy) is 1. The second-order valence-electron chi connectivity index (χ2n) is 6.29. The number of nitrogens with zero attached hydrogens (tertiary/aromatic N) is 2. The Kier molecular flexibility index (Phi) is 6.11. The lowest BCUT2D eigenvalue weighted by molar-refractivity contribution is -0.129. The van der Waals surface area contributed by atoms with Crippen LogP contribution in [-0.4, -0.2) is 27.8 Å². The molecule has 0 spiro atoms. The van der Waals surface area contributed by atoms with Crippen molar-refractivity contribution in [3.05, 3.63) is 82.6 Å². The van der Waals surface area contributed by atoms with Gasteiger partial charge in [-0.1, -0.05) is 29.8 Å². The number of amides is 1. The standard InChI is InChI=1S/C21H20ClN3O3/c1-14-11-12-24-25(14)18-9-7-16(8-10-18)21(27)28-15(2)20(26)23-13-17-5-3-4-6-19(17)22/h3-12,15H,13H2,1-2H3,(H,23,26)/t15-/m0/s1. The zero-order chi connectivity index (χ0) is 20.1. The zero-order valence-corrected chi connectivity index (χ0v) is 16.3. The van der Waals surface area contributed by atoms with Crippen LogP contribution in [0.25, 0.3) is 5.69 Å². The Morgan fingerprint density at radius 1 is 1.14 bits per heavy atom. The first-order chi connectivity index (χ1) is 13.5. The van der Waals surface area contributed by atoms with Crippen LogP contribution in [0.15, 0.2) is 60.8 Å². The van der Waals surface area contributed by atoms with E-state index in [4.69, 9.17) is 16.3 Å². The fourth-order valence-corrected chi connectivity index (χ4v) is 2.83. The SMILES string of the molecule is Cc1ccnn1-c1ccc(C(=O)O[C@@H](C)C(=O)NCc2ccccc2Cl)cc1. The van der Waals surface area contributed by atoms with E-state index in [9.17, 15) is 9.59 Å². The number of esters is 1. The molecule has 0 unspecified atom stereocenters. The number of hydrogen-bond donors (Lipinski definition) is 1. The van der Waals surface area contributed by atoms with Gasteiger partial charge in [-0.3, -0.25) is 4.79 Å². The molecule has 0 aliphatic carbocycles. The molecule has 1 atom stereocenters. The lowest BCUT2D eigenvalue weighted by atomic mass is 10.2. The van der Waals surface area contributed by atoms with Crippen LogP contribution in [0.5, 0.6) is 0 Å². The molecule has 0 saturated heterocycles. The first kappa shape index (κ1) is 19.6. The molecular formula is C21H20ClN3O3. The number of aromatic nitrogens is 2. The molecular weight excluding hydrogens is 378 g/mol. The number of rotatable bonds is 6. The first-order valence-electron chi connectivity index (χ1n) is 8.79. The topological polar surface area (TPSA) is 73.2 Å². The van der Waals surface area contributed by atoms with Crippen molar-refractivity contribution >= 4 is 23.5 Å². The molecule has 0 saturated carbocycles. The Morgan fingerprint density at radius 2 is 1.86 bits per heavy atom. The molecule has 144 valence electrons. The molecule has 0 fully saturated rings. The summed E-state index contributed by atoms with van der Waals surface area (Å²) in [6, 6.07) is 16.0. The van der Waals surface area contributed by atoms with Crippen LogP contribution in [0.2, 0.25) is 5.02 Å². The third kappa shape index (κ3) is 4.58. The summed E-state index contributed by atoms with van der Waals surface area (Å²) >= 11 is 6.07. The Bertz CT molecular complexity index is 983. The summed E-state index contributed by atoms with van der Waals surface area (Å²) in [5.74, 6) is -0.957. The summed E-state index contributed by atoms with van der Waals surface area (Å²) in [5.41, 5.74) is 2.98. The summed E-state index contributed by atoms with van der Waals surface area (Å²) < 4.78 is 7.03. The van der Waals surface area contributed by atoms with Crippen molar-refractivity contribution in [2.24, 2.45) is 0 Å². The Labute approximate surface area is 168 Å². The van der Waals surface area contributed by atoms with E-state index in [0.29, 0.717) is 10.6 Å². The molecule has 6 nitrogen and oxygen atoms in total. The highest BCUT2D eigenvalue weighted by atomic mass is 35.5. The number of halogens is 1. The average molecular weight is 398 g/mol. The van der Waals surface area contributed by atoms with Crippen LogP contribution in [0.4, 0.5) is 0 Å². The van der Waals surface area contributed by atoms with Crippen LogP contribution < -0.4 is 5.32 Å². The van der Waals surface area contributed by atoms with Crippen molar-refractivity contribution in [2.45, 2.75) is 26.5 Å². The van der Waals surface area contributed by atoms with Crippen LogP contribution in [0.1, 0.15) is 28.5 Å². The molecule has 0 radical (unpaired) electrons. The minimum Gasteiger partial charge on any atom is -0.449 e. The van der Waals surface area contributed by atoms with Gasteiger partial charge < -0.3 is 10.1 Å². The van der Waals surface area contributed by atoms with Gasteiger partial charge in [-0.25, -0.2) is 9.48 Å². The molecule has 1 N–H and O–H groups in total. The lowest BCUT2D eigenvalue weighted by Gasteiger charge is -2.14. The summed E-state index contributed by atoms with van der Waals surface area (Å²) in [5, 5.41) is 7.51. The third-order valence-electron chi connectivity index (χ3n) is 4.24. The lowest BCUT2D eigenvalue weighted by Crippen LogP contribution is -2.35. The normalized spacial score (nSPS) is 11.7. The van der Waals surface area contributed by atoms with Crippen LogP contribution >= 0.6 is 11.6 Å². The second kappa shape index (κ2) is 8.71. The maximum absolute atomic E-state index is 12.3. The van der Waals surface area contributed by atoms with Crippen LogP contribution in [-0.2, 0) is 16.1 Å². The molecule has 2 aromatic carbocycles. The van der Waals surface area contributed by atoms with Gasteiger partial charge in [0.1, 0.15) is 0 Å². The van der Waals surface area contributed by atoms with E-state index in [1.807, 2.05) is 31.2 Å². The average Bonchev–Trinajstić information content (AvgIpc) is 3.13. The van der Waals surface area contributed by atoms with Crippen molar-refractivity contribution in [3.8, 4) is 5.69 Å². The van der Waals surface area contributed by atoms with Crippen molar-refractivity contribution in [2.75, 3.05) is 0 Å². The fraction of sp³-hybridized carbons (Fsp3) is 0.190. The van der Waals surface area contributed by atoms with Gasteiger partial charge in [0.05, 0.1) is 11.3 Å². The fourth-order valence-electron chi connectivity index (χ4n) is 2.63. The predicted molar refractivity (Wildman–Crippen MR) is 106 cm³/mol. The molecule has 3 rings (SSSR count). The highest BCUT2D eigenvalue weighted by Crippen LogP contribution is 2.15. The van der Waals surface area contributed by atoms with Crippen molar-refractivity contribution < 1.29 is 14.3 Å². The number of carbonyl (C=O) groups excluding carboxylic acids is 2. The van der Waals surface area contributed by atoms with E-state index in [0.717, 1.165) is 16.9 Å². The number of hydrogen-bond acceptors (Lipinski definition) is 4. The number of aryl methyl sites for hydroxylation is 1. The van der Waals surface area contributed by atoms with E-state index in [1.165, 1.54) is 6.92 Å². The Morgan fingerprint density at radius 3 is 2.50 bits per heavy atom. The minimum absolute atomic E-state index is 0.262. The summed E-state index contributed by atoms with van der Waals surface area (Å²) in [7, 11) is 0.